The van der Waals surface area contributed by atoms with Gasteiger partial charge in [0.05, 0.1) is 28.5 Å². The molecule has 0 amide bonds. The van der Waals surface area contributed by atoms with Gasteiger partial charge in [-0.2, -0.15) is 0 Å². The summed E-state index contributed by atoms with van der Waals surface area (Å²) in [5, 5.41) is 0.551. The number of halogens is 1. The van der Waals surface area contributed by atoms with Crippen LogP contribution in [0.1, 0.15) is 29.7 Å². The quantitative estimate of drug-likeness (QED) is 0.243. The number of fused-ring (bicyclic) bond motifs is 1. The van der Waals surface area contributed by atoms with Crippen molar-refractivity contribution < 1.29 is 9.53 Å². The zero-order valence-electron chi connectivity index (χ0n) is 20.2. The number of esters is 1. The van der Waals surface area contributed by atoms with Crippen LogP contribution in [0.4, 0.5) is 0 Å². The number of hydrogen-bond donors (Lipinski definition) is 0. The van der Waals surface area contributed by atoms with Crippen molar-refractivity contribution in [2.75, 3.05) is 12.9 Å². The minimum absolute atomic E-state index is 0.208. The number of carbonyl (C=O) groups is 1. The Morgan fingerprint density at radius 3 is 2.46 bits per heavy atom. The molecular formula is C29H23ClN2O3S2. The number of nitrogens with zero attached hydrogens (tertiary/aromatic N) is 2. The molecule has 3 aromatic carbocycles. The van der Waals surface area contributed by atoms with E-state index in [2.05, 4.69) is 0 Å². The van der Waals surface area contributed by atoms with E-state index in [1.807, 2.05) is 79.1 Å². The van der Waals surface area contributed by atoms with Crippen LogP contribution in [0.15, 0.2) is 99.1 Å². The van der Waals surface area contributed by atoms with Gasteiger partial charge in [0.1, 0.15) is 0 Å². The summed E-state index contributed by atoms with van der Waals surface area (Å²) in [4.78, 5) is 33.8. The number of rotatable bonds is 6. The van der Waals surface area contributed by atoms with Gasteiger partial charge in [-0.05, 0) is 48.6 Å². The molecule has 0 radical (unpaired) electrons. The maximum Gasteiger partial charge on any atom is 0.338 e. The van der Waals surface area contributed by atoms with Gasteiger partial charge < -0.3 is 4.74 Å². The molecule has 8 heteroatoms. The number of ether oxygens (including phenoxy) is 1. The number of carbonyl (C=O) groups excluding carboxylic acids is 1. The number of benzene rings is 3. The van der Waals surface area contributed by atoms with Crippen molar-refractivity contribution in [3.63, 3.8) is 0 Å². The van der Waals surface area contributed by atoms with Crippen molar-refractivity contribution in [1.29, 1.82) is 0 Å². The summed E-state index contributed by atoms with van der Waals surface area (Å²) in [5.41, 5.74) is 2.92. The fraction of sp³-hybridized carbons (Fsp3) is 0.138. The minimum atomic E-state index is -0.699. The summed E-state index contributed by atoms with van der Waals surface area (Å²) in [6, 6.07) is 24.1. The first-order valence-electron chi connectivity index (χ1n) is 11.7. The molecular weight excluding hydrogens is 524 g/mol. The Balaban J connectivity index is 1.83. The van der Waals surface area contributed by atoms with Crippen molar-refractivity contribution in [2.45, 2.75) is 17.9 Å². The van der Waals surface area contributed by atoms with Gasteiger partial charge in [0.15, 0.2) is 4.80 Å². The van der Waals surface area contributed by atoms with Crippen LogP contribution in [-0.2, 0) is 9.53 Å². The predicted octanol–water partition coefficient (Wildman–Crippen LogP) is 5.31. The van der Waals surface area contributed by atoms with E-state index < -0.39 is 12.0 Å². The Labute approximate surface area is 227 Å². The Kier molecular flexibility index (Phi) is 7.46. The van der Waals surface area contributed by atoms with Crippen LogP contribution in [0, 0.1) is 0 Å². The second-order valence-electron chi connectivity index (χ2n) is 8.23. The molecule has 0 saturated carbocycles. The zero-order chi connectivity index (χ0) is 25.9. The number of aromatic nitrogens is 1. The van der Waals surface area contributed by atoms with Gasteiger partial charge in [0, 0.05) is 15.5 Å². The highest BCUT2D eigenvalue weighted by atomic mass is 35.5. The van der Waals surface area contributed by atoms with Crippen molar-refractivity contribution in [2.24, 2.45) is 4.99 Å². The summed E-state index contributed by atoms with van der Waals surface area (Å²) >= 11 is 9.28. The second kappa shape index (κ2) is 10.9. The molecule has 37 heavy (non-hydrogen) atoms. The van der Waals surface area contributed by atoms with Gasteiger partial charge in [-0.1, -0.05) is 83.6 Å². The zero-order valence-corrected chi connectivity index (χ0v) is 22.6. The van der Waals surface area contributed by atoms with Gasteiger partial charge in [0.2, 0.25) is 0 Å². The van der Waals surface area contributed by atoms with Crippen LogP contribution in [0.3, 0.4) is 0 Å². The molecule has 1 aliphatic heterocycles. The monoisotopic (exact) mass is 546 g/mol. The molecule has 0 N–H and O–H groups in total. The topological polar surface area (TPSA) is 60.7 Å². The maximum atomic E-state index is 13.9. The Morgan fingerprint density at radius 1 is 1.08 bits per heavy atom. The highest BCUT2D eigenvalue weighted by Crippen LogP contribution is 2.35. The van der Waals surface area contributed by atoms with Gasteiger partial charge >= 0.3 is 5.97 Å². The van der Waals surface area contributed by atoms with E-state index in [-0.39, 0.29) is 12.2 Å². The summed E-state index contributed by atoms with van der Waals surface area (Å²) < 4.78 is 7.58. The van der Waals surface area contributed by atoms with Crippen LogP contribution in [0.5, 0.6) is 0 Å². The minimum Gasteiger partial charge on any atom is -0.463 e. The fourth-order valence-electron chi connectivity index (χ4n) is 4.28. The van der Waals surface area contributed by atoms with E-state index in [9.17, 15) is 9.59 Å². The highest BCUT2D eigenvalue weighted by Gasteiger charge is 2.35. The normalized spacial score (nSPS) is 15.3. The Hall–Kier alpha value is -3.39. The van der Waals surface area contributed by atoms with Crippen LogP contribution in [-0.4, -0.2) is 23.4 Å². The lowest BCUT2D eigenvalue weighted by atomic mass is 9.93. The average molecular weight is 547 g/mol. The summed E-state index contributed by atoms with van der Waals surface area (Å²) in [6.45, 7) is 1.97. The largest absolute Gasteiger partial charge is 0.463 e. The smallest absolute Gasteiger partial charge is 0.338 e. The molecule has 0 unspecified atom stereocenters. The maximum absolute atomic E-state index is 13.9. The lowest BCUT2D eigenvalue weighted by molar-refractivity contribution is -0.138. The van der Waals surface area contributed by atoms with Crippen LogP contribution < -0.4 is 14.9 Å². The van der Waals surface area contributed by atoms with Crippen LogP contribution >= 0.6 is 34.7 Å². The van der Waals surface area contributed by atoms with Gasteiger partial charge in [-0.15, -0.1) is 11.8 Å². The van der Waals surface area contributed by atoms with Crippen molar-refractivity contribution in [3.8, 4) is 0 Å². The van der Waals surface area contributed by atoms with Gasteiger partial charge in [-0.3, -0.25) is 9.36 Å². The third-order valence-corrected chi connectivity index (χ3v) is 8.07. The van der Waals surface area contributed by atoms with E-state index in [0.717, 1.165) is 21.6 Å². The summed E-state index contributed by atoms with van der Waals surface area (Å²) in [5.74, 6) is -0.496. The van der Waals surface area contributed by atoms with E-state index in [1.165, 1.54) is 11.3 Å². The van der Waals surface area contributed by atoms with Crippen molar-refractivity contribution in [3.05, 3.63) is 126 Å². The molecule has 0 bridgehead atoms. The van der Waals surface area contributed by atoms with Crippen LogP contribution in [0.2, 0.25) is 5.02 Å². The molecule has 1 aliphatic rings. The second-order valence-corrected chi connectivity index (χ2v) is 10.5. The standard InChI is InChI=1S/C29H23ClN2O3S2/c1-3-35-28(34)24-25(18-9-5-4-6-10-18)31-29-32(26(24)19-13-15-21(36-2)16-14-19)27(33)23(37-29)17-20-11-7-8-12-22(20)30/h4-17,26H,3H2,1-2H3/b23-17+/t26-/m1/s1. The number of hydrogen-bond acceptors (Lipinski definition) is 6. The highest BCUT2D eigenvalue weighted by molar-refractivity contribution is 7.98. The summed E-state index contributed by atoms with van der Waals surface area (Å²) in [7, 11) is 0. The van der Waals surface area contributed by atoms with E-state index >= 15 is 0 Å². The van der Waals surface area contributed by atoms with E-state index in [1.54, 1.807) is 35.4 Å². The third-order valence-electron chi connectivity index (χ3n) is 6.00. The molecule has 2 heterocycles. The Bertz CT molecular complexity index is 1670. The molecule has 1 aromatic heterocycles. The van der Waals surface area contributed by atoms with Crippen molar-refractivity contribution >= 4 is 52.4 Å². The molecule has 0 saturated heterocycles. The molecule has 5 nitrogen and oxygen atoms in total. The predicted molar refractivity (Wildman–Crippen MR) is 151 cm³/mol. The molecule has 0 fully saturated rings. The molecule has 186 valence electrons. The number of thioether (sulfide) groups is 1. The lowest BCUT2D eigenvalue weighted by Crippen LogP contribution is -2.40. The first-order chi connectivity index (χ1) is 18.0. The first kappa shape index (κ1) is 25.3. The molecule has 4 aromatic rings. The van der Waals surface area contributed by atoms with E-state index in [0.29, 0.717) is 25.6 Å². The molecule has 1 atom stereocenters. The molecule has 0 spiro atoms. The fourth-order valence-corrected chi connectivity index (χ4v) is 5.87. The molecule has 0 aliphatic carbocycles. The Morgan fingerprint density at radius 2 is 1.78 bits per heavy atom. The van der Waals surface area contributed by atoms with Gasteiger partial charge in [-0.25, -0.2) is 9.79 Å². The first-order valence-corrected chi connectivity index (χ1v) is 14.1. The van der Waals surface area contributed by atoms with Crippen molar-refractivity contribution in [1.82, 2.24) is 4.57 Å². The number of thiazole rings is 1. The lowest BCUT2D eigenvalue weighted by Gasteiger charge is -2.26. The molecule has 5 rings (SSSR count). The van der Waals surface area contributed by atoms with Gasteiger partial charge in [0.25, 0.3) is 5.56 Å². The van der Waals surface area contributed by atoms with E-state index in [4.69, 9.17) is 21.3 Å². The SMILES string of the molecule is CCOC(=O)C1=C(c2ccccc2)N=c2s/c(=C/c3ccccc3Cl)c(=O)n2[C@@H]1c1ccc(SC)cc1. The van der Waals surface area contributed by atoms with Crippen LogP contribution in [0.25, 0.3) is 11.8 Å². The third kappa shape index (κ3) is 4.94. The average Bonchev–Trinajstić information content (AvgIpc) is 3.24. The summed E-state index contributed by atoms with van der Waals surface area (Å²) in [6.07, 6.45) is 3.78.